The summed E-state index contributed by atoms with van der Waals surface area (Å²) in [4.78, 5) is 12.1. The molecule has 0 saturated carbocycles. The summed E-state index contributed by atoms with van der Waals surface area (Å²) in [6.07, 6.45) is 4.61. The number of rotatable bonds is 4. The summed E-state index contributed by atoms with van der Waals surface area (Å²) in [5.41, 5.74) is 2.90. The van der Waals surface area contributed by atoms with Crippen molar-refractivity contribution in [2.24, 2.45) is 0 Å². The number of hydrogen-bond donors (Lipinski definition) is 1. The summed E-state index contributed by atoms with van der Waals surface area (Å²) in [6, 6.07) is 13.3. The van der Waals surface area contributed by atoms with E-state index in [1.165, 1.54) is 11.6 Å². The number of benzene rings is 1. The molecule has 0 atom stereocenters. The second-order valence-electron chi connectivity index (χ2n) is 5.26. The third-order valence-electron chi connectivity index (χ3n) is 3.30. The van der Waals surface area contributed by atoms with Crippen LogP contribution in [0.5, 0.6) is 0 Å². The van der Waals surface area contributed by atoms with Crippen molar-refractivity contribution in [2.75, 3.05) is 5.32 Å². The monoisotopic (exact) mass is 307 g/mol. The maximum absolute atomic E-state index is 12.1. The Balaban J connectivity index is 1.80. The van der Waals surface area contributed by atoms with E-state index in [4.69, 9.17) is 4.42 Å². The van der Waals surface area contributed by atoms with Crippen LogP contribution in [-0.4, -0.2) is 15.7 Å². The van der Waals surface area contributed by atoms with E-state index < -0.39 is 0 Å². The quantitative estimate of drug-likeness (QED) is 0.747. The molecule has 23 heavy (non-hydrogen) atoms. The summed E-state index contributed by atoms with van der Waals surface area (Å²) in [6.45, 7) is 3.92. The number of furan rings is 1. The first-order valence-electron chi connectivity index (χ1n) is 7.28. The van der Waals surface area contributed by atoms with Crippen LogP contribution in [0.25, 0.3) is 11.8 Å². The van der Waals surface area contributed by atoms with Crippen LogP contribution in [0.4, 0.5) is 5.82 Å². The first-order valence-corrected chi connectivity index (χ1v) is 7.28. The second kappa shape index (κ2) is 6.36. The predicted octanol–water partition coefficient (Wildman–Crippen LogP) is 3.73. The molecule has 0 unspecified atom stereocenters. The molecular weight excluding hydrogens is 290 g/mol. The van der Waals surface area contributed by atoms with Crippen molar-refractivity contribution < 1.29 is 9.21 Å². The molecular formula is C18H17N3O2. The Morgan fingerprint density at radius 1 is 1.22 bits per heavy atom. The van der Waals surface area contributed by atoms with Crippen molar-refractivity contribution in [1.29, 1.82) is 0 Å². The first-order chi connectivity index (χ1) is 11.1. The van der Waals surface area contributed by atoms with Crippen LogP contribution < -0.4 is 5.32 Å². The van der Waals surface area contributed by atoms with Gasteiger partial charge in [-0.2, -0.15) is 5.10 Å². The highest BCUT2D eigenvalue weighted by atomic mass is 16.3. The SMILES string of the molecule is Cc1ccc(-n2nc(C)cc2NC(=O)C=Cc2ccco2)cc1. The van der Waals surface area contributed by atoms with Gasteiger partial charge in [0.25, 0.3) is 0 Å². The third kappa shape index (κ3) is 3.58. The summed E-state index contributed by atoms with van der Waals surface area (Å²) < 4.78 is 6.87. The Morgan fingerprint density at radius 3 is 2.70 bits per heavy atom. The Bertz CT molecular complexity index is 828. The molecule has 0 fully saturated rings. The van der Waals surface area contributed by atoms with Gasteiger partial charge in [0, 0.05) is 12.1 Å². The normalized spacial score (nSPS) is 11.0. The lowest BCUT2D eigenvalue weighted by molar-refractivity contribution is -0.111. The van der Waals surface area contributed by atoms with E-state index in [-0.39, 0.29) is 5.91 Å². The van der Waals surface area contributed by atoms with E-state index in [0.29, 0.717) is 11.6 Å². The standard InChI is InChI=1S/C18H17N3O2/c1-13-5-7-15(8-6-13)21-17(12-14(2)20-21)19-18(22)10-9-16-4-3-11-23-16/h3-12H,1-2H3,(H,19,22). The van der Waals surface area contributed by atoms with Crippen molar-refractivity contribution in [2.45, 2.75) is 13.8 Å². The van der Waals surface area contributed by atoms with Gasteiger partial charge in [-0.3, -0.25) is 4.79 Å². The lowest BCUT2D eigenvalue weighted by atomic mass is 10.2. The van der Waals surface area contributed by atoms with Crippen molar-refractivity contribution in [3.63, 3.8) is 0 Å². The van der Waals surface area contributed by atoms with Crippen LogP contribution in [-0.2, 0) is 4.79 Å². The van der Waals surface area contributed by atoms with Gasteiger partial charge in [0.2, 0.25) is 5.91 Å². The molecule has 0 aliphatic heterocycles. The van der Waals surface area contributed by atoms with Crippen LogP contribution in [0.15, 0.2) is 59.2 Å². The molecule has 1 aromatic carbocycles. The zero-order valence-corrected chi connectivity index (χ0v) is 13.0. The van der Waals surface area contributed by atoms with Crippen molar-refractivity contribution in [3.05, 3.63) is 71.8 Å². The van der Waals surface area contributed by atoms with Crippen LogP contribution in [0.3, 0.4) is 0 Å². The van der Waals surface area contributed by atoms with Gasteiger partial charge in [-0.1, -0.05) is 17.7 Å². The van der Waals surface area contributed by atoms with Crippen molar-refractivity contribution in [1.82, 2.24) is 9.78 Å². The fraction of sp³-hybridized carbons (Fsp3) is 0.111. The van der Waals surface area contributed by atoms with Gasteiger partial charge in [0.15, 0.2) is 0 Å². The summed E-state index contributed by atoms with van der Waals surface area (Å²) >= 11 is 0. The number of aromatic nitrogens is 2. The molecule has 0 bridgehead atoms. The van der Waals surface area contributed by atoms with Crippen LogP contribution in [0.1, 0.15) is 17.0 Å². The molecule has 1 N–H and O–H groups in total. The Morgan fingerprint density at radius 2 is 2.00 bits per heavy atom. The van der Waals surface area contributed by atoms with Crippen LogP contribution in [0.2, 0.25) is 0 Å². The lowest BCUT2D eigenvalue weighted by Gasteiger charge is -2.07. The topological polar surface area (TPSA) is 60.1 Å². The van der Waals surface area contributed by atoms with Crippen molar-refractivity contribution in [3.8, 4) is 5.69 Å². The molecule has 2 aromatic heterocycles. The Hall–Kier alpha value is -3.08. The molecule has 0 aliphatic carbocycles. The molecule has 3 rings (SSSR count). The van der Waals surface area contributed by atoms with E-state index in [1.54, 1.807) is 29.2 Å². The molecule has 5 nitrogen and oxygen atoms in total. The van der Waals surface area contributed by atoms with Gasteiger partial charge in [0.1, 0.15) is 11.6 Å². The summed E-state index contributed by atoms with van der Waals surface area (Å²) in [7, 11) is 0. The van der Waals surface area contributed by atoms with Gasteiger partial charge in [-0.15, -0.1) is 0 Å². The number of nitrogens with one attached hydrogen (secondary N) is 1. The smallest absolute Gasteiger partial charge is 0.249 e. The zero-order chi connectivity index (χ0) is 16.2. The number of amides is 1. The average Bonchev–Trinajstić information content (AvgIpc) is 3.16. The van der Waals surface area contributed by atoms with Gasteiger partial charge in [-0.05, 0) is 44.2 Å². The molecule has 0 radical (unpaired) electrons. The van der Waals surface area contributed by atoms with Gasteiger partial charge < -0.3 is 9.73 Å². The highest BCUT2D eigenvalue weighted by Crippen LogP contribution is 2.17. The maximum atomic E-state index is 12.1. The number of aryl methyl sites for hydroxylation is 2. The fourth-order valence-corrected chi connectivity index (χ4v) is 2.18. The number of anilines is 1. The molecule has 5 heteroatoms. The highest BCUT2D eigenvalue weighted by molar-refractivity contribution is 6.01. The number of carbonyl (C=O) groups is 1. The maximum Gasteiger partial charge on any atom is 0.249 e. The van der Waals surface area contributed by atoms with Crippen LogP contribution >= 0.6 is 0 Å². The lowest BCUT2D eigenvalue weighted by Crippen LogP contribution is -2.12. The van der Waals surface area contributed by atoms with E-state index in [1.807, 2.05) is 44.2 Å². The number of nitrogens with zero attached hydrogens (tertiary/aromatic N) is 2. The Kier molecular flexibility index (Phi) is 4.10. The molecule has 3 aromatic rings. The highest BCUT2D eigenvalue weighted by Gasteiger charge is 2.09. The number of carbonyl (C=O) groups excluding carboxylic acids is 1. The minimum absolute atomic E-state index is 0.241. The van der Waals surface area contributed by atoms with E-state index in [0.717, 1.165) is 11.4 Å². The molecule has 0 aliphatic rings. The third-order valence-corrected chi connectivity index (χ3v) is 3.30. The van der Waals surface area contributed by atoms with Crippen molar-refractivity contribution >= 4 is 17.8 Å². The van der Waals surface area contributed by atoms with Gasteiger partial charge in [-0.25, -0.2) is 4.68 Å². The number of hydrogen-bond acceptors (Lipinski definition) is 3. The summed E-state index contributed by atoms with van der Waals surface area (Å²) in [5.74, 6) is 1.01. The minimum atomic E-state index is -0.241. The first kappa shape index (κ1) is 14.8. The zero-order valence-electron chi connectivity index (χ0n) is 13.0. The average molecular weight is 307 g/mol. The molecule has 116 valence electrons. The molecule has 0 spiro atoms. The molecule has 0 saturated heterocycles. The largest absolute Gasteiger partial charge is 0.465 e. The molecule has 1 amide bonds. The van der Waals surface area contributed by atoms with E-state index in [2.05, 4.69) is 10.4 Å². The second-order valence-corrected chi connectivity index (χ2v) is 5.26. The van der Waals surface area contributed by atoms with Gasteiger partial charge in [0.05, 0.1) is 17.6 Å². The minimum Gasteiger partial charge on any atom is -0.465 e. The van der Waals surface area contributed by atoms with E-state index >= 15 is 0 Å². The Labute approximate surface area is 134 Å². The predicted molar refractivity (Wildman–Crippen MR) is 89.4 cm³/mol. The van der Waals surface area contributed by atoms with E-state index in [9.17, 15) is 4.79 Å². The van der Waals surface area contributed by atoms with Gasteiger partial charge >= 0.3 is 0 Å². The summed E-state index contributed by atoms with van der Waals surface area (Å²) in [5, 5.41) is 7.27. The van der Waals surface area contributed by atoms with Crippen LogP contribution in [0, 0.1) is 13.8 Å². The molecule has 2 heterocycles. The fourth-order valence-electron chi connectivity index (χ4n) is 2.18.